The number of hydrogen-bond acceptors (Lipinski definition) is 6. The molecule has 3 heterocycles. The summed E-state index contributed by atoms with van der Waals surface area (Å²) in [7, 11) is 0. The summed E-state index contributed by atoms with van der Waals surface area (Å²) >= 11 is 0. The first-order valence-electron chi connectivity index (χ1n) is 9.05. The summed E-state index contributed by atoms with van der Waals surface area (Å²) < 4.78 is 44.3. The highest BCUT2D eigenvalue weighted by atomic mass is 19.4. The van der Waals surface area contributed by atoms with Crippen molar-refractivity contribution < 1.29 is 27.8 Å². The van der Waals surface area contributed by atoms with Crippen LogP contribution < -0.4 is 5.32 Å². The number of fused-ring (bicyclic) bond motifs is 1. The third-order valence-corrected chi connectivity index (χ3v) is 4.90. The minimum atomic E-state index is -4.47. The number of ether oxygens (including phenoxy) is 1. The Morgan fingerprint density at radius 1 is 1.21 bits per heavy atom. The molecule has 156 valence electrons. The van der Waals surface area contributed by atoms with Crippen LogP contribution in [0.25, 0.3) is 0 Å². The number of nitrogens with one attached hydrogen (secondary N) is 1. The van der Waals surface area contributed by atoms with Gasteiger partial charge in [0.15, 0.2) is 0 Å². The van der Waals surface area contributed by atoms with E-state index in [0.29, 0.717) is 6.61 Å². The third kappa shape index (κ3) is 5.42. The maximum Gasteiger partial charge on any atom is 0.433 e. The number of anilines is 1. The minimum absolute atomic E-state index is 0.0297. The first-order chi connectivity index (χ1) is 13.9. The number of benzene rings is 1. The van der Waals surface area contributed by atoms with Gasteiger partial charge < -0.3 is 15.2 Å². The van der Waals surface area contributed by atoms with Gasteiger partial charge in [0.25, 0.3) is 6.47 Å². The molecule has 4 rings (SSSR count). The van der Waals surface area contributed by atoms with Crippen LogP contribution in [0.4, 0.5) is 19.0 Å². The zero-order valence-electron chi connectivity index (χ0n) is 15.4. The molecule has 1 aromatic carbocycles. The highest BCUT2D eigenvalue weighted by Crippen LogP contribution is 2.32. The fourth-order valence-corrected chi connectivity index (χ4v) is 3.65. The van der Waals surface area contributed by atoms with E-state index in [1.165, 1.54) is 0 Å². The number of aromatic nitrogens is 2. The van der Waals surface area contributed by atoms with E-state index in [0.717, 1.165) is 37.5 Å². The molecule has 2 aromatic rings. The van der Waals surface area contributed by atoms with Crippen LogP contribution in [-0.4, -0.2) is 58.2 Å². The fourth-order valence-electron chi connectivity index (χ4n) is 3.65. The lowest BCUT2D eigenvalue weighted by Crippen LogP contribution is -2.42. The van der Waals surface area contributed by atoms with Crippen molar-refractivity contribution in [3.63, 3.8) is 0 Å². The summed E-state index contributed by atoms with van der Waals surface area (Å²) in [6.45, 7) is 1.91. The van der Waals surface area contributed by atoms with E-state index in [4.69, 9.17) is 14.6 Å². The van der Waals surface area contributed by atoms with Gasteiger partial charge in [-0.15, -0.1) is 0 Å². The van der Waals surface area contributed by atoms with Gasteiger partial charge in [0.2, 0.25) is 0 Å². The number of rotatable bonds is 3. The maximum absolute atomic E-state index is 12.8. The Morgan fingerprint density at radius 3 is 2.62 bits per heavy atom. The predicted octanol–water partition coefficient (Wildman–Crippen LogP) is 2.82. The van der Waals surface area contributed by atoms with Crippen molar-refractivity contribution in [2.75, 3.05) is 25.0 Å². The van der Waals surface area contributed by atoms with E-state index < -0.39 is 11.9 Å². The van der Waals surface area contributed by atoms with Gasteiger partial charge in [-0.1, -0.05) is 30.3 Å². The molecule has 3 atom stereocenters. The number of nitrogens with zero attached hydrogens (tertiary/aromatic N) is 3. The standard InChI is InChI=1S/C18H19F3N4O.CH2O2/c19-18(20,21)16-7-17(23-11-22-16)24-13-6-14-10-26-15(9-25(14)8-13)12-4-2-1-3-5-12;2-1-3/h1-5,7,11,13-15H,6,8-10H2,(H,22,23,24);1H,(H,2,3)/t13-,14-,15+;/m0./s1. The molecule has 1 aromatic heterocycles. The lowest BCUT2D eigenvalue weighted by atomic mass is 10.1. The summed E-state index contributed by atoms with van der Waals surface area (Å²) in [6.07, 6.45) is -2.68. The molecule has 2 N–H and O–H groups in total. The second kappa shape index (κ2) is 9.19. The van der Waals surface area contributed by atoms with Crippen molar-refractivity contribution in [1.29, 1.82) is 0 Å². The van der Waals surface area contributed by atoms with Crippen LogP contribution in [0.5, 0.6) is 0 Å². The van der Waals surface area contributed by atoms with Gasteiger partial charge in [-0.25, -0.2) is 9.97 Å². The van der Waals surface area contributed by atoms with Crippen LogP contribution >= 0.6 is 0 Å². The Hall–Kier alpha value is -2.72. The van der Waals surface area contributed by atoms with Gasteiger partial charge in [-0.05, 0) is 12.0 Å². The number of halogens is 3. The Kier molecular flexibility index (Phi) is 6.65. The molecule has 2 saturated heterocycles. The molecule has 0 aliphatic carbocycles. The normalized spacial score (nSPS) is 24.2. The van der Waals surface area contributed by atoms with Crippen molar-refractivity contribution in [2.24, 2.45) is 0 Å². The van der Waals surface area contributed by atoms with E-state index in [-0.39, 0.29) is 30.5 Å². The van der Waals surface area contributed by atoms with Crippen molar-refractivity contribution in [3.05, 3.63) is 54.0 Å². The summed E-state index contributed by atoms with van der Waals surface area (Å²) in [6, 6.07) is 11.3. The Bertz CT molecular complexity index is 807. The molecule has 0 spiro atoms. The average Bonchev–Trinajstić information content (AvgIpc) is 3.10. The SMILES string of the molecule is FC(F)(F)c1cc(N[C@H]2C[C@H]3CO[C@@H](c4ccccc4)CN3C2)ncn1.O=CO. The molecule has 10 heteroatoms. The molecule has 2 fully saturated rings. The second-order valence-corrected chi connectivity index (χ2v) is 6.81. The van der Waals surface area contributed by atoms with Gasteiger partial charge in [-0.2, -0.15) is 13.2 Å². The molecule has 0 saturated carbocycles. The van der Waals surface area contributed by atoms with Crippen molar-refractivity contribution >= 4 is 12.3 Å². The van der Waals surface area contributed by atoms with Crippen molar-refractivity contribution in [3.8, 4) is 0 Å². The van der Waals surface area contributed by atoms with Crippen LogP contribution in [0.1, 0.15) is 23.8 Å². The Balaban J connectivity index is 0.000000755. The topological polar surface area (TPSA) is 87.6 Å². The van der Waals surface area contributed by atoms with Crippen LogP contribution in [-0.2, 0) is 15.7 Å². The van der Waals surface area contributed by atoms with Crippen LogP contribution in [0.15, 0.2) is 42.7 Å². The largest absolute Gasteiger partial charge is 0.483 e. The fraction of sp³-hybridized carbons (Fsp3) is 0.421. The molecular formula is C19H21F3N4O3. The molecule has 0 radical (unpaired) electrons. The lowest BCUT2D eigenvalue weighted by Gasteiger charge is -2.35. The predicted molar refractivity (Wildman–Crippen MR) is 98.3 cm³/mol. The van der Waals surface area contributed by atoms with E-state index in [2.05, 4.69) is 32.3 Å². The molecule has 2 aliphatic heterocycles. The molecular weight excluding hydrogens is 389 g/mol. The minimum Gasteiger partial charge on any atom is -0.483 e. The number of alkyl halides is 3. The molecule has 2 aliphatic rings. The van der Waals surface area contributed by atoms with Gasteiger partial charge in [0.1, 0.15) is 17.8 Å². The van der Waals surface area contributed by atoms with Crippen molar-refractivity contribution in [1.82, 2.24) is 14.9 Å². The summed E-state index contributed by atoms with van der Waals surface area (Å²) in [5, 5.41) is 10.0. The van der Waals surface area contributed by atoms with E-state index in [9.17, 15) is 13.2 Å². The van der Waals surface area contributed by atoms with Gasteiger partial charge >= 0.3 is 6.18 Å². The molecule has 29 heavy (non-hydrogen) atoms. The highest BCUT2D eigenvalue weighted by molar-refractivity contribution is 5.37. The summed E-state index contributed by atoms with van der Waals surface area (Å²) in [5.74, 6) is 0.206. The van der Waals surface area contributed by atoms with E-state index >= 15 is 0 Å². The lowest BCUT2D eigenvalue weighted by molar-refractivity contribution is -0.141. The molecule has 7 nitrogen and oxygen atoms in total. The number of carboxylic acid groups (broad SMARTS) is 1. The summed E-state index contributed by atoms with van der Waals surface area (Å²) in [4.78, 5) is 17.9. The zero-order valence-corrected chi connectivity index (χ0v) is 15.4. The van der Waals surface area contributed by atoms with E-state index in [1.807, 2.05) is 18.2 Å². The molecule has 0 bridgehead atoms. The van der Waals surface area contributed by atoms with Crippen LogP contribution in [0.2, 0.25) is 0 Å². The maximum atomic E-state index is 12.8. The first-order valence-corrected chi connectivity index (χ1v) is 9.05. The van der Waals surface area contributed by atoms with Gasteiger partial charge in [0.05, 0.1) is 12.7 Å². The summed E-state index contributed by atoms with van der Waals surface area (Å²) in [5.41, 5.74) is 0.214. The number of carbonyl (C=O) groups is 1. The second-order valence-electron chi connectivity index (χ2n) is 6.81. The van der Waals surface area contributed by atoms with Gasteiger partial charge in [-0.3, -0.25) is 9.69 Å². The molecule has 0 unspecified atom stereocenters. The molecule has 0 amide bonds. The number of hydrogen-bond donors (Lipinski definition) is 2. The van der Waals surface area contributed by atoms with Crippen LogP contribution in [0.3, 0.4) is 0 Å². The Labute approximate surface area is 165 Å². The zero-order chi connectivity index (χ0) is 20.9. The van der Waals surface area contributed by atoms with Crippen LogP contribution in [0, 0.1) is 0 Å². The Morgan fingerprint density at radius 2 is 1.93 bits per heavy atom. The third-order valence-electron chi connectivity index (χ3n) is 4.90. The van der Waals surface area contributed by atoms with Gasteiger partial charge in [0, 0.05) is 31.2 Å². The quantitative estimate of drug-likeness (QED) is 0.753. The monoisotopic (exact) mass is 410 g/mol. The smallest absolute Gasteiger partial charge is 0.433 e. The average molecular weight is 410 g/mol. The first kappa shape index (κ1) is 21.0. The van der Waals surface area contributed by atoms with Crippen molar-refractivity contribution in [2.45, 2.75) is 30.8 Å². The number of morpholine rings is 1. The highest BCUT2D eigenvalue weighted by Gasteiger charge is 2.38. The van der Waals surface area contributed by atoms with E-state index in [1.54, 1.807) is 0 Å².